The van der Waals surface area contributed by atoms with Crippen molar-refractivity contribution >= 4 is 10.1 Å². The van der Waals surface area contributed by atoms with Gasteiger partial charge in [0, 0.05) is 0 Å². The van der Waals surface area contributed by atoms with Crippen LogP contribution in [0.1, 0.15) is 5.56 Å². The lowest BCUT2D eigenvalue weighted by molar-refractivity contribution is 0.203. The summed E-state index contributed by atoms with van der Waals surface area (Å²) in [5, 5.41) is 17.1. The summed E-state index contributed by atoms with van der Waals surface area (Å²) in [6, 6.07) is 8.30. The normalized spacial score (nSPS) is 11.5. The molecule has 2 N–H and O–H groups in total. The maximum absolute atomic E-state index is 11.7. The van der Waals surface area contributed by atoms with Crippen LogP contribution in [0.2, 0.25) is 0 Å². The van der Waals surface area contributed by atoms with Gasteiger partial charge in [0.1, 0.15) is 12.1 Å². The van der Waals surface area contributed by atoms with E-state index in [1.165, 1.54) is 24.3 Å². The molecule has 1 aromatic rings. The standard InChI is InChI=1S/C10H9N3O3S/c1-8-2-4-9(5-3-8)17(14,15)16-10(13,6-11)7-12/h2-5H,13H2,1H3. The maximum atomic E-state index is 11.7. The van der Waals surface area contributed by atoms with E-state index in [9.17, 15) is 8.42 Å². The maximum Gasteiger partial charge on any atom is 0.310 e. The van der Waals surface area contributed by atoms with E-state index in [-0.39, 0.29) is 4.90 Å². The second-order valence-corrected chi connectivity index (χ2v) is 4.86. The quantitative estimate of drug-likeness (QED) is 0.613. The van der Waals surface area contributed by atoms with Crippen molar-refractivity contribution in [3.05, 3.63) is 29.8 Å². The monoisotopic (exact) mass is 251 g/mol. The van der Waals surface area contributed by atoms with Crippen molar-refractivity contribution in [3.8, 4) is 12.1 Å². The van der Waals surface area contributed by atoms with E-state index in [1.54, 1.807) is 19.1 Å². The van der Waals surface area contributed by atoms with Crippen LogP contribution in [0.5, 0.6) is 0 Å². The largest absolute Gasteiger partial charge is 0.310 e. The number of hydrogen-bond donors (Lipinski definition) is 1. The van der Waals surface area contributed by atoms with Crippen molar-refractivity contribution in [2.24, 2.45) is 5.73 Å². The Balaban J connectivity index is 3.11. The van der Waals surface area contributed by atoms with E-state index in [4.69, 9.17) is 16.3 Å². The van der Waals surface area contributed by atoms with Gasteiger partial charge in [-0.3, -0.25) is 5.73 Å². The van der Waals surface area contributed by atoms with Gasteiger partial charge in [-0.15, -0.1) is 0 Å². The van der Waals surface area contributed by atoms with Crippen LogP contribution in [0.25, 0.3) is 0 Å². The lowest BCUT2D eigenvalue weighted by atomic mass is 10.2. The summed E-state index contributed by atoms with van der Waals surface area (Å²) in [6.45, 7) is 1.79. The van der Waals surface area contributed by atoms with Crippen molar-refractivity contribution in [1.82, 2.24) is 0 Å². The van der Waals surface area contributed by atoms with Crippen molar-refractivity contribution < 1.29 is 12.6 Å². The first-order chi connectivity index (χ1) is 7.83. The van der Waals surface area contributed by atoms with Gasteiger partial charge in [0.2, 0.25) is 0 Å². The Hall–Kier alpha value is -1.93. The Morgan fingerprint density at radius 3 is 2.12 bits per heavy atom. The highest BCUT2D eigenvalue weighted by molar-refractivity contribution is 7.86. The van der Waals surface area contributed by atoms with Gasteiger partial charge in [-0.1, -0.05) is 17.7 Å². The molecule has 0 aliphatic rings. The minimum Gasteiger partial charge on any atom is -0.278 e. The van der Waals surface area contributed by atoms with Crippen LogP contribution >= 0.6 is 0 Å². The van der Waals surface area contributed by atoms with Crippen molar-refractivity contribution in [1.29, 1.82) is 10.5 Å². The van der Waals surface area contributed by atoms with Crippen molar-refractivity contribution in [2.75, 3.05) is 0 Å². The van der Waals surface area contributed by atoms with E-state index in [2.05, 4.69) is 4.18 Å². The average Bonchev–Trinajstić information content (AvgIpc) is 2.29. The second kappa shape index (κ2) is 4.52. The molecule has 0 amide bonds. The lowest BCUT2D eigenvalue weighted by Gasteiger charge is -2.13. The summed E-state index contributed by atoms with van der Waals surface area (Å²) in [7, 11) is -4.23. The van der Waals surface area contributed by atoms with E-state index >= 15 is 0 Å². The van der Waals surface area contributed by atoms with E-state index in [0.29, 0.717) is 0 Å². The summed E-state index contributed by atoms with van der Waals surface area (Å²) in [5.74, 6) is 0. The molecule has 0 unspecified atom stereocenters. The van der Waals surface area contributed by atoms with E-state index in [0.717, 1.165) is 5.56 Å². The van der Waals surface area contributed by atoms with E-state index in [1.807, 2.05) is 0 Å². The molecule has 0 saturated heterocycles. The number of nitrogens with two attached hydrogens (primary N) is 1. The van der Waals surface area contributed by atoms with Crippen LogP contribution in [0.4, 0.5) is 0 Å². The molecule has 7 heteroatoms. The van der Waals surface area contributed by atoms with Crippen molar-refractivity contribution in [2.45, 2.75) is 17.5 Å². The number of nitrogens with zero attached hydrogens (tertiary/aromatic N) is 2. The van der Waals surface area contributed by atoms with E-state index < -0.39 is 15.8 Å². The highest BCUT2D eigenvalue weighted by Gasteiger charge is 2.33. The highest BCUT2D eigenvalue weighted by Crippen LogP contribution is 2.17. The summed E-state index contributed by atoms with van der Waals surface area (Å²) in [4.78, 5) is -0.163. The molecule has 0 aromatic heterocycles. The summed E-state index contributed by atoms with van der Waals surface area (Å²) in [5.41, 5.74) is 3.48. The third-order valence-electron chi connectivity index (χ3n) is 1.88. The SMILES string of the molecule is Cc1ccc(S(=O)(=O)OC(N)(C#N)C#N)cc1. The number of benzene rings is 1. The molecule has 0 radical (unpaired) electrons. The summed E-state index contributed by atoms with van der Waals surface area (Å²) < 4.78 is 27.7. The molecular formula is C10H9N3O3S. The predicted molar refractivity (Wildman–Crippen MR) is 57.6 cm³/mol. The van der Waals surface area contributed by atoms with Gasteiger partial charge in [-0.05, 0) is 19.1 Å². The molecule has 0 bridgehead atoms. The van der Waals surface area contributed by atoms with Crippen LogP contribution in [0, 0.1) is 29.6 Å². The predicted octanol–water partition coefficient (Wildman–Crippen LogP) is 0.402. The van der Waals surface area contributed by atoms with Gasteiger partial charge in [-0.2, -0.15) is 18.9 Å². The molecule has 0 atom stereocenters. The van der Waals surface area contributed by atoms with Crippen LogP contribution < -0.4 is 5.73 Å². The zero-order chi connectivity index (χ0) is 13.1. The molecule has 0 heterocycles. The second-order valence-electron chi connectivity index (χ2n) is 3.31. The number of nitriles is 2. The Kier molecular flexibility index (Phi) is 3.49. The summed E-state index contributed by atoms with van der Waals surface area (Å²) >= 11 is 0. The van der Waals surface area contributed by atoms with Gasteiger partial charge < -0.3 is 0 Å². The molecule has 0 fully saturated rings. The molecule has 0 aliphatic heterocycles. The van der Waals surface area contributed by atoms with Crippen LogP contribution in [0.15, 0.2) is 29.2 Å². The number of rotatable bonds is 3. The lowest BCUT2D eigenvalue weighted by Crippen LogP contribution is -2.41. The minimum atomic E-state index is -4.23. The highest BCUT2D eigenvalue weighted by atomic mass is 32.2. The first-order valence-corrected chi connectivity index (χ1v) is 5.87. The molecule has 6 nitrogen and oxygen atoms in total. The fourth-order valence-electron chi connectivity index (χ4n) is 0.988. The van der Waals surface area contributed by atoms with Gasteiger partial charge in [0.25, 0.3) is 0 Å². The van der Waals surface area contributed by atoms with Crippen molar-refractivity contribution in [3.63, 3.8) is 0 Å². The smallest absolute Gasteiger partial charge is 0.278 e. The Labute approximate surface area is 99.0 Å². The molecule has 1 rings (SSSR count). The first kappa shape index (κ1) is 13.1. The molecule has 0 saturated carbocycles. The molecule has 0 aliphatic carbocycles. The fourth-order valence-corrected chi connectivity index (χ4v) is 1.97. The molecular weight excluding hydrogens is 242 g/mol. The zero-order valence-corrected chi connectivity index (χ0v) is 9.73. The topological polar surface area (TPSA) is 117 Å². The van der Waals surface area contributed by atoms with Crippen LogP contribution in [0.3, 0.4) is 0 Å². The third kappa shape index (κ3) is 3.02. The Bertz CT molecular complexity index is 579. The number of aryl methyl sites for hydroxylation is 1. The molecule has 88 valence electrons. The van der Waals surface area contributed by atoms with Gasteiger partial charge in [0.15, 0.2) is 0 Å². The van der Waals surface area contributed by atoms with Crippen LogP contribution in [-0.2, 0) is 14.3 Å². The Morgan fingerprint density at radius 2 is 1.71 bits per heavy atom. The fraction of sp³-hybridized carbons (Fsp3) is 0.200. The summed E-state index contributed by atoms with van der Waals surface area (Å²) in [6.07, 6.45) is 0. The van der Waals surface area contributed by atoms with Gasteiger partial charge in [0.05, 0.1) is 4.90 Å². The molecule has 17 heavy (non-hydrogen) atoms. The Morgan fingerprint density at radius 1 is 1.24 bits per heavy atom. The minimum absolute atomic E-state index is 0.163. The third-order valence-corrected chi connectivity index (χ3v) is 3.21. The van der Waals surface area contributed by atoms with Crippen LogP contribution in [-0.4, -0.2) is 14.1 Å². The molecule has 1 aromatic carbocycles. The average molecular weight is 251 g/mol. The first-order valence-electron chi connectivity index (χ1n) is 4.47. The molecule has 0 spiro atoms. The van der Waals surface area contributed by atoms with Gasteiger partial charge in [-0.25, -0.2) is 4.18 Å². The van der Waals surface area contributed by atoms with Gasteiger partial charge >= 0.3 is 15.8 Å². The zero-order valence-electron chi connectivity index (χ0n) is 8.91. The number of hydrogen-bond acceptors (Lipinski definition) is 6.